The zero-order chi connectivity index (χ0) is 26.6. The number of amides is 2. The number of carbonyl (C=O) groups excluding carboxylic acids is 2. The molecule has 2 aromatic heterocycles. The first-order valence-corrected chi connectivity index (χ1v) is 13.0. The zero-order valence-electron chi connectivity index (χ0n) is 21.4. The summed E-state index contributed by atoms with van der Waals surface area (Å²) in [7, 11) is 0. The van der Waals surface area contributed by atoms with E-state index in [2.05, 4.69) is 16.4 Å². The maximum absolute atomic E-state index is 12.9. The molecule has 2 amide bonds. The molecular formula is C32H28N4O3. The summed E-state index contributed by atoms with van der Waals surface area (Å²) in [6.45, 7) is 2.72. The monoisotopic (exact) mass is 516 g/mol. The van der Waals surface area contributed by atoms with Crippen LogP contribution >= 0.6 is 0 Å². The number of ether oxygens (including phenoxy) is 1. The molecule has 7 nitrogen and oxygen atoms in total. The van der Waals surface area contributed by atoms with Gasteiger partial charge in [0.05, 0.1) is 24.4 Å². The normalized spacial score (nSPS) is 13.8. The van der Waals surface area contributed by atoms with E-state index in [1.165, 1.54) is 0 Å². The molecular weight excluding hydrogens is 488 g/mol. The summed E-state index contributed by atoms with van der Waals surface area (Å²) in [6.07, 6.45) is 5.87. The zero-order valence-corrected chi connectivity index (χ0v) is 21.4. The van der Waals surface area contributed by atoms with Gasteiger partial charge in [0.1, 0.15) is 6.54 Å². The van der Waals surface area contributed by atoms with Gasteiger partial charge in [-0.05, 0) is 60.2 Å². The Bertz CT molecular complexity index is 1680. The lowest BCUT2D eigenvalue weighted by Crippen LogP contribution is -2.42. The summed E-state index contributed by atoms with van der Waals surface area (Å²) in [4.78, 5) is 32.0. The molecule has 1 N–H and O–H groups in total. The van der Waals surface area contributed by atoms with Gasteiger partial charge in [0.25, 0.3) is 5.91 Å². The molecule has 6 rings (SSSR count). The van der Waals surface area contributed by atoms with Gasteiger partial charge in [0.2, 0.25) is 5.91 Å². The van der Waals surface area contributed by atoms with Crippen LogP contribution in [0, 0.1) is 0 Å². The summed E-state index contributed by atoms with van der Waals surface area (Å²) < 4.78 is 7.28. The molecule has 39 heavy (non-hydrogen) atoms. The van der Waals surface area contributed by atoms with Gasteiger partial charge in [-0.25, -0.2) is 4.98 Å². The van der Waals surface area contributed by atoms with Crippen molar-refractivity contribution >= 4 is 51.5 Å². The Labute approximate surface area is 226 Å². The SMILES string of the molecule is O=C(Nc1ccc2c(ccn2CC(=O)N2CCOCC2)c1)c1ccc(/C=C/c2ccc3ccccc3n2)cc1. The second-order valence-corrected chi connectivity index (χ2v) is 9.55. The molecule has 0 bridgehead atoms. The number of benzene rings is 3. The number of morpholine rings is 1. The van der Waals surface area contributed by atoms with Crippen molar-refractivity contribution in [3.05, 3.63) is 108 Å². The predicted molar refractivity (Wildman–Crippen MR) is 154 cm³/mol. The van der Waals surface area contributed by atoms with E-state index in [-0.39, 0.29) is 18.4 Å². The smallest absolute Gasteiger partial charge is 0.255 e. The lowest BCUT2D eigenvalue weighted by atomic mass is 10.1. The first-order valence-electron chi connectivity index (χ1n) is 13.0. The number of nitrogens with one attached hydrogen (secondary N) is 1. The van der Waals surface area contributed by atoms with Crippen molar-refractivity contribution in [1.82, 2.24) is 14.5 Å². The number of aromatic nitrogens is 2. The number of nitrogens with zero attached hydrogens (tertiary/aromatic N) is 3. The molecule has 0 aliphatic carbocycles. The van der Waals surface area contributed by atoms with Gasteiger partial charge in [0, 0.05) is 46.8 Å². The summed E-state index contributed by atoms with van der Waals surface area (Å²) in [5.41, 5.74) is 5.05. The number of fused-ring (bicyclic) bond motifs is 2. The maximum Gasteiger partial charge on any atom is 0.255 e. The molecule has 0 atom stereocenters. The van der Waals surface area contributed by atoms with Crippen molar-refractivity contribution in [3.63, 3.8) is 0 Å². The van der Waals surface area contributed by atoms with Gasteiger partial charge in [-0.2, -0.15) is 0 Å². The van der Waals surface area contributed by atoms with Crippen LogP contribution in [0.15, 0.2) is 91.1 Å². The van der Waals surface area contributed by atoms with E-state index in [0.717, 1.165) is 33.1 Å². The van der Waals surface area contributed by atoms with Gasteiger partial charge in [-0.3, -0.25) is 9.59 Å². The van der Waals surface area contributed by atoms with Gasteiger partial charge in [-0.15, -0.1) is 0 Å². The first kappa shape index (κ1) is 24.6. The van der Waals surface area contributed by atoms with E-state index in [1.807, 2.05) is 107 Å². The molecule has 5 aromatic rings. The van der Waals surface area contributed by atoms with Gasteiger partial charge >= 0.3 is 0 Å². The Morgan fingerprint density at radius 1 is 0.872 bits per heavy atom. The fourth-order valence-electron chi connectivity index (χ4n) is 4.78. The van der Waals surface area contributed by atoms with Gasteiger partial charge in [-0.1, -0.05) is 42.5 Å². The Hall–Kier alpha value is -4.75. The molecule has 1 fully saturated rings. The van der Waals surface area contributed by atoms with Crippen molar-refractivity contribution < 1.29 is 14.3 Å². The highest BCUT2D eigenvalue weighted by atomic mass is 16.5. The van der Waals surface area contributed by atoms with Crippen molar-refractivity contribution in [2.24, 2.45) is 0 Å². The van der Waals surface area contributed by atoms with Crippen LogP contribution in [-0.4, -0.2) is 52.6 Å². The Balaban J connectivity index is 1.09. The standard InChI is InChI=1S/C32H28N4O3/c37-31(35-17-19-39-20-18-35)22-36-16-15-26-21-28(13-14-30(26)36)34-32(38)25-8-5-23(6-9-25)7-11-27-12-10-24-3-1-2-4-29(24)33-27/h1-16,21H,17-20,22H2,(H,34,38)/b11-7+. The second-order valence-electron chi connectivity index (χ2n) is 9.55. The molecule has 0 unspecified atom stereocenters. The van der Waals surface area contributed by atoms with Gasteiger partial charge < -0.3 is 19.5 Å². The lowest BCUT2D eigenvalue weighted by Gasteiger charge is -2.27. The largest absolute Gasteiger partial charge is 0.378 e. The molecule has 0 radical (unpaired) electrons. The minimum absolute atomic E-state index is 0.0833. The third kappa shape index (κ3) is 5.58. The molecule has 0 saturated carbocycles. The number of rotatable bonds is 6. The minimum Gasteiger partial charge on any atom is -0.378 e. The van der Waals surface area contributed by atoms with E-state index in [9.17, 15) is 9.59 Å². The molecule has 3 aromatic carbocycles. The number of anilines is 1. The third-order valence-electron chi connectivity index (χ3n) is 6.94. The summed E-state index contributed by atoms with van der Waals surface area (Å²) in [6, 6.07) is 27.2. The predicted octanol–water partition coefficient (Wildman–Crippen LogP) is 5.47. The van der Waals surface area contributed by atoms with Crippen LogP contribution in [0.4, 0.5) is 5.69 Å². The fourth-order valence-corrected chi connectivity index (χ4v) is 4.78. The highest BCUT2D eigenvalue weighted by Crippen LogP contribution is 2.22. The van der Waals surface area contributed by atoms with E-state index < -0.39 is 0 Å². The Morgan fingerprint density at radius 3 is 2.54 bits per heavy atom. The molecule has 1 aliphatic heterocycles. The average Bonchev–Trinajstić information content (AvgIpc) is 3.38. The highest BCUT2D eigenvalue weighted by Gasteiger charge is 2.17. The van der Waals surface area contributed by atoms with E-state index in [4.69, 9.17) is 4.74 Å². The summed E-state index contributed by atoms with van der Waals surface area (Å²) in [5, 5.41) is 5.06. The van der Waals surface area contributed by atoms with Crippen LogP contribution in [0.2, 0.25) is 0 Å². The number of carbonyl (C=O) groups is 2. The summed E-state index contributed by atoms with van der Waals surface area (Å²) in [5.74, 6) is -0.0944. The van der Waals surface area contributed by atoms with Crippen LogP contribution in [0.25, 0.3) is 34.0 Å². The third-order valence-corrected chi connectivity index (χ3v) is 6.94. The van der Waals surface area contributed by atoms with Crippen molar-refractivity contribution in [1.29, 1.82) is 0 Å². The first-order chi connectivity index (χ1) is 19.1. The number of para-hydroxylation sites is 1. The minimum atomic E-state index is -0.178. The number of hydrogen-bond donors (Lipinski definition) is 1. The van der Waals surface area contributed by atoms with Crippen molar-refractivity contribution in [2.75, 3.05) is 31.6 Å². The van der Waals surface area contributed by atoms with E-state index in [0.29, 0.717) is 37.6 Å². The fraction of sp³-hybridized carbons (Fsp3) is 0.156. The summed E-state index contributed by atoms with van der Waals surface area (Å²) >= 11 is 0. The maximum atomic E-state index is 12.9. The molecule has 0 spiro atoms. The Morgan fingerprint density at radius 2 is 1.69 bits per heavy atom. The van der Waals surface area contributed by atoms with E-state index in [1.54, 1.807) is 0 Å². The van der Waals surface area contributed by atoms with Crippen LogP contribution in [0.3, 0.4) is 0 Å². The van der Waals surface area contributed by atoms with Crippen LogP contribution < -0.4 is 5.32 Å². The topological polar surface area (TPSA) is 76.5 Å². The molecule has 3 heterocycles. The van der Waals surface area contributed by atoms with Crippen LogP contribution in [0.1, 0.15) is 21.6 Å². The molecule has 1 aliphatic rings. The van der Waals surface area contributed by atoms with Crippen molar-refractivity contribution in [3.8, 4) is 0 Å². The molecule has 1 saturated heterocycles. The quantitative estimate of drug-likeness (QED) is 0.325. The number of hydrogen-bond acceptors (Lipinski definition) is 4. The Kier molecular flexibility index (Phi) is 6.89. The van der Waals surface area contributed by atoms with Crippen LogP contribution in [-0.2, 0) is 16.1 Å². The molecule has 7 heteroatoms. The second kappa shape index (κ2) is 10.9. The van der Waals surface area contributed by atoms with Gasteiger partial charge in [0.15, 0.2) is 0 Å². The van der Waals surface area contributed by atoms with E-state index >= 15 is 0 Å². The average molecular weight is 517 g/mol. The van der Waals surface area contributed by atoms with Crippen LogP contribution in [0.5, 0.6) is 0 Å². The molecule has 194 valence electrons. The highest BCUT2D eigenvalue weighted by molar-refractivity contribution is 6.05. The lowest BCUT2D eigenvalue weighted by molar-refractivity contribution is -0.135. The van der Waals surface area contributed by atoms with Crippen molar-refractivity contribution in [2.45, 2.75) is 6.54 Å². The number of pyridine rings is 1.